The van der Waals surface area contributed by atoms with E-state index in [0.717, 1.165) is 12.8 Å². The molecule has 0 aliphatic carbocycles. The van der Waals surface area contributed by atoms with E-state index in [-0.39, 0.29) is 31.0 Å². The summed E-state index contributed by atoms with van der Waals surface area (Å²) in [6, 6.07) is -0.820. The second kappa shape index (κ2) is 5.44. The van der Waals surface area contributed by atoms with Crippen molar-refractivity contribution in [3.8, 4) is 0 Å². The number of nitrogens with zero attached hydrogens (tertiary/aromatic N) is 4. The van der Waals surface area contributed by atoms with Gasteiger partial charge in [0.2, 0.25) is 17.7 Å². The van der Waals surface area contributed by atoms with E-state index in [9.17, 15) is 9.59 Å². The van der Waals surface area contributed by atoms with Gasteiger partial charge in [-0.15, -0.1) is 0 Å². The van der Waals surface area contributed by atoms with Gasteiger partial charge in [-0.1, -0.05) is 5.16 Å². The molecule has 8 nitrogen and oxygen atoms in total. The number of hydrogen-bond donors (Lipinski definition) is 0. The number of methoxy groups -OCH3 is 1. The molecule has 21 heavy (non-hydrogen) atoms. The van der Waals surface area contributed by atoms with Crippen molar-refractivity contribution in [2.24, 2.45) is 0 Å². The second-order valence-electron chi connectivity index (χ2n) is 5.37. The maximum Gasteiger partial charge on any atom is 0.246 e. The van der Waals surface area contributed by atoms with Crippen molar-refractivity contribution in [3.05, 3.63) is 11.7 Å². The van der Waals surface area contributed by atoms with Gasteiger partial charge in [0.25, 0.3) is 0 Å². The standard InChI is InChI=1S/C13H18N4O4/c1-8-12(18)16-5-3-4-9(16)13(19)17(8)6-11-14-10(7-20-2)15-21-11/h8-9H,3-7H2,1-2H3/t8-,9+/m0/s1. The summed E-state index contributed by atoms with van der Waals surface area (Å²) >= 11 is 0. The Kier molecular flexibility index (Phi) is 3.62. The van der Waals surface area contributed by atoms with Crippen molar-refractivity contribution in [2.75, 3.05) is 13.7 Å². The SMILES string of the molecule is COCc1noc(CN2C(=O)[C@H]3CCCN3C(=O)[C@@H]2C)n1. The minimum Gasteiger partial charge on any atom is -0.377 e. The number of fused-ring (bicyclic) bond motifs is 1. The number of rotatable bonds is 4. The number of aromatic nitrogens is 2. The van der Waals surface area contributed by atoms with Crippen molar-refractivity contribution in [2.45, 2.75) is 45.0 Å². The highest BCUT2D eigenvalue weighted by Crippen LogP contribution is 2.27. The minimum absolute atomic E-state index is 0.00581. The smallest absolute Gasteiger partial charge is 0.246 e. The Morgan fingerprint density at radius 1 is 1.38 bits per heavy atom. The van der Waals surface area contributed by atoms with Crippen LogP contribution in [0.25, 0.3) is 0 Å². The molecular formula is C13H18N4O4. The van der Waals surface area contributed by atoms with Crippen LogP contribution in [-0.4, -0.2) is 57.5 Å². The van der Waals surface area contributed by atoms with Gasteiger partial charge in [-0.3, -0.25) is 9.59 Å². The van der Waals surface area contributed by atoms with E-state index in [1.165, 1.54) is 4.90 Å². The van der Waals surface area contributed by atoms with Crippen molar-refractivity contribution >= 4 is 11.8 Å². The summed E-state index contributed by atoms with van der Waals surface area (Å²) in [5.41, 5.74) is 0. The van der Waals surface area contributed by atoms with Crippen LogP contribution in [0, 0.1) is 0 Å². The first-order valence-electron chi connectivity index (χ1n) is 7.03. The summed E-state index contributed by atoms with van der Waals surface area (Å²) in [6.45, 7) is 2.82. The molecular weight excluding hydrogens is 276 g/mol. The van der Waals surface area contributed by atoms with Crippen LogP contribution in [0.15, 0.2) is 4.52 Å². The number of amides is 2. The monoisotopic (exact) mass is 294 g/mol. The van der Waals surface area contributed by atoms with E-state index in [1.54, 1.807) is 18.9 Å². The molecule has 3 rings (SSSR count). The molecule has 2 atom stereocenters. The molecule has 0 spiro atoms. The lowest BCUT2D eigenvalue weighted by Crippen LogP contribution is -2.61. The Bertz CT molecular complexity index is 558. The number of hydrogen-bond acceptors (Lipinski definition) is 6. The quantitative estimate of drug-likeness (QED) is 0.773. The topological polar surface area (TPSA) is 88.8 Å². The summed E-state index contributed by atoms with van der Waals surface area (Å²) in [7, 11) is 1.54. The molecule has 1 aromatic rings. The van der Waals surface area contributed by atoms with Crippen LogP contribution in [0.1, 0.15) is 31.5 Å². The van der Waals surface area contributed by atoms with Gasteiger partial charge >= 0.3 is 0 Å². The Hall–Kier alpha value is -1.96. The second-order valence-corrected chi connectivity index (χ2v) is 5.37. The number of carbonyl (C=O) groups is 2. The van der Waals surface area contributed by atoms with Gasteiger partial charge in [-0.2, -0.15) is 4.98 Å². The number of piperazine rings is 1. The first-order chi connectivity index (χ1) is 10.1. The van der Waals surface area contributed by atoms with E-state index in [1.807, 2.05) is 0 Å². The Morgan fingerprint density at radius 2 is 2.19 bits per heavy atom. The first-order valence-corrected chi connectivity index (χ1v) is 7.03. The van der Waals surface area contributed by atoms with Crippen molar-refractivity contribution < 1.29 is 18.8 Å². The van der Waals surface area contributed by atoms with Crippen molar-refractivity contribution in [1.82, 2.24) is 19.9 Å². The Balaban J connectivity index is 1.76. The molecule has 2 saturated heterocycles. The van der Waals surface area contributed by atoms with Gasteiger partial charge in [0.15, 0.2) is 5.82 Å². The average molecular weight is 294 g/mol. The molecule has 0 radical (unpaired) electrons. The van der Waals surface area contributed by atoms with Gasteiger partial charge in [-0.05, 0) is 19.8 Å². The van der Waals surface area contributed by atoms with Crippen LogP contribution < -0.4 is 0 Å². The highest BCUT2D eigenvalue weighted by Gasteiger charge is 2.46. The van der Waals surface area contributed by atoms with Gasteiger partial charge in [0.05, 0.1) is 0 Å². The van der Waals surface area contributed by atoms with Gasteiger partial charge in [0.1, 0.15) is 25.2 Å². The van der Waals surface area contributed by atoms with Gasteiger partial charge in [-0.25, -0.2) is 0 Å². The van der Waals surface area contributed by atoms with Gasteiger partial charge in [0, 0.05) is 13.7 Å². The summed E-state index contributed by atoms with van der Waals surface area (Å²) in [5, 5.41) is 3.76. The Labute approximate surface area is 122 Å². The van der Waals surface area contributed by atoms with E-state index < -0.39 is 6.04 Å². The molecule has 0 N–H and O–H groups in total. The molecule has 8 heteroatoms. The predicted molar refractivity (Wildman–Crippen MR) is 69.8 cm³/mol. The third kappa shape index (κ3) is 2.39. The first kappa shape index (κ1) is 14.0. The fourth-order valence-electron chi connectivity index (χ4n) is 2.95. The summed E-state index contributed by atoms with van der Waals surface area (Å²) in [4.78, 5) is 32.2. The summed E-state index contributed by atoms with van der Waals surface area (Å²) in [6.07, 6.45) is 1.60. The zero-order chi connectivity index (χ0) is 15.0. The summed E-state index contributed by atoms with van der Waals surface area (Å²) < 4.78 is 10.0. The number of carbonyl (C=O) groups excluding carboxylic acids is 2. The minimum atomic E-state index is -0.496. The molecule has 2 fully saturated rings. The highest BCUT2D eigenvalue weighted by molar-refractivity contribution is 5.97. The molecule has 2 aliphatic rings. The van der Waals surface area contributed by atoms with Crippen LogP contribution in [0.3, 0.4) is 0 Å². The lowest BCUT2D eigenvalue weighted by atomic mass is 10.1. The summed E-state index contributed by atoms with van der Waals surface area (Å²) in [5.74, 6) is 0.708. The number of ether oxygens (including phenoxy) is 1. The van der Waals surface area contributed by atoms with Crippen LogP contribution in [0.4, 0.5) is 0 Å². The van der Waals surface area contributed by atoms with Crippen LogP contribution in [-0.2, 0) is 27.5 Å². The molecule has 3 heterocycles. The van der Waals surface area contributed by atoms with Crippen LogP contribution >= 0.6 is 0 Å². The van der Waals surface area contributed by atoms with Crippen molar-refractivity contribution in [3.63, 3.8) is 0 Å². The Morgan fingerprint density at radius 3 is 2.95 bits per heavy atom. The lowest BCUT2D eigenvalue weighted by molar-refractivity contribution is -0.159. The maximum absolute atomic E-state index is 12.5. The molecule has 0 aromatic carbocycles. The molecule has 2 aliphatic heterocycles. The fraction of sp³-hybridized carbons (Fsp3) is 0.692. The molecule has 0 saturated carbocycles. The molecule has 0 unspecified atom stereocenters. The van der Waals surface area contributed by atoms with E-state index in [0.29, 0.717) is 18.3 Å². The highest BCUT2D eigenvalue weighted by atomic mass is 16.5. The molecule has 0 bridgehead atoms. The lowest BCUT2D eigenvalue weighted by Gasteiger charge is -2.40. The predicted octanol–water partition coefficient (Wildman–Crippen LogP) is -0.0623. The van der Waals surface area contributed by atoms with Crippen LogP contribution in [0.2, 0.25) is 0 Å². The van der Waals surface area contributed by atoms with E-state index in [2.05, 4.69) is 10.1 Å². The third-order valence-electron chi connectivity index (χ3n) is 4.02. The molecule has 2 amide bonds. The fourth-order valence-corrected chi connectivity index (χ4v) is 2.95. The zero-order valence-electron chi connectivity index (χ0n) is 12.1. The average Bonchev–Trinajstić information content (AvgIpc) is 3.11. The normalized spacial score (nSPS) is 25.6. The zero-order valence-corrected chi connectivity index (χ0v) is 12.1. The van der Waals surface area contributed by atoms with E-state index >= 15 is 0 Å². The molecule has 114 valence electrons. The largest absolute Gasteiger partial charge is 0.377 e. The van der Waals surface area contributed by atoms with Crippen LogP contribution in [0.5, 0.6) is 0 Å². The maximum atomic E-state index is 12.5. The van der Waals surface area contributed by atoms with E-state index in [4.69, 9.17) is 9.26 Å². The van der Waals surface area contributed by atoms with Gasteiger partial charge < -0.3 is 19.1 Å². The van der Waals surface area contributed by atoms with Crippen molar-refractivity contribution in [1.29, 1.82) is 0 Å². The molecule has 1 aromatic heterocycles. The third-order valence-corrected chi connectivity index (χ3v) is 4.02.